The van der Waals surface area contributed by atoms with Crippen molar-refractivity contribution in [3.05, 3.63) is 76.1 Å². The minimum Gasteiger partial charge on any atom is -0.494 e. The van der Waals surface area contributed by atoms with Crippen molar-refractivity contribution in [1.82, 2.24) is 4.57 Å². The van der Waals surface area contributed by atoms with Gasteiger partial charge in [-0.25, -0.2) is 4.79 Å². The Balaban J connectivity index is 2.00. The first-order valence-corrected chi connectivity index (χ1v) is 7.67. The van der Waals surface area contributed by atoms with Gasteiger partial charge in [-0.05, 0) is 48.9 Å². The molecule has 5 heteroatoms. The summed E-state index contributed by atoms with van der Waals surface area (Å²) in [6.45, 7) is 2.89. The Kier molecular flexibility index (Phi) is 4.33. The largest absolute Gasteiger partial charge is 0.494 e. The summed E-state index contributed by atoms with van der Waals surface area (Å²) in [5, 5.41) is 9.87. The third-order valence-electron chi connectivity index (χ3n) is 3.81. The fourth-order valence-electron chi connectivity index (χ4n) is 2.64. The van der Waals surface area contributed by atoms with Crippen molar-refractivity contribution in [3.63, 3.8) is 0 Å². The molecule has 0 aliphatic heterocycles. The molecule has 1 aromatic heterocycles. The molecule has 0 aliphatic carbocycles. The van der Waals surface area contributed by atoms with Gasteiger partial charge in [-0.3, -0.25) is 4.79 Å². The molecular formula is C19H17NO4. The molecule has 2 aromatic carbocycles. The van der Waals surface area contributed by atoms with Gasteiger partial charge < -0.3 is 14.4 Å². The molecule has 24 heavy (non-hydrogen) atoms. The number of aromatic carboxylic acids is 1. The summed E-state index contributed by atoms with van der Waals surface area (Å²) >= 11 is 0. The maximum absolute atomic E-state index is 12.3. The van der Waals surface area contributed by atoms with Gasteiger partial charge in [0, 0.05) is 11.5 Å². The quantitative estimate of drug-likeness (QED) is 0.783. The number of hydrogen-bond acceptors (Lipinski definition) is 3. The Labute approximate surface area is 138 Å². The second kappa shape index (κ2) is 6.58. The molecule has 1 heterocycles. The first-order chi connectivity index (χ1) is 11.6. The second-order valence-corrected chi connectivity index (χ2v) is 5.41. The predicted octanol–water partition coefficient (Wildman–Crippen LogP) is 3.15. The maximum atomic E-state index is 12.3. The number of aromatic nitrogens is 1. The average molecular weight is 323 g/mol. The summed E-state index contributed by atoms with van der Waals surface area (Å²) in [5.41, 5.74) is 1.80. The topological polar surface area (TPSA) is 68.5 Å². The lowest BCUT2D eigenvalue weighted by Crippen LogP contribution is -2.20. The zero-order valence-corrected chi connectivity index (χ0v) is 13.2. The molecule has 1 N–H and O–H groups in total. The Morgan fingerprint density at radius 3 is 2.50 bits per heavy atom. The van der Waals surface area contributed by atoms with Crippen LogP contribution in [0.25, 0.3) is 10.9 Å². The van der Waals surface area contributed by atoms with Gasteiger partial charge in [0.15, 0.2) is 0 Å². The van der Waals surface area contributed by atoms with Crippen LogP contribution < -0.4 is 10.3 Å². The lowest BCUT2D eigenvalue weighted by molar-refractivity contribution is 0.0697. The van der Waals surface area contributed by atoms with Crippen LogP contribution in [0, 0.1) is 0 Å². The van der Waals surface area contributed by atoms with Gasteiger partial charge in [0.2, 0.25) is 0 Å². The zero-order valence-electron chi connectivity index (χ0n) is 13.2. The fraction of sp³-hybridized carbons (Fsp3) is 0.158. The van der Waals surface area contributed by atoms with Crippen LogP contribution >= 0.6 is 0 Å². The van der Waals surface area contributed by atoms with Crippen molar-refractivity contribution >= 4 is 16.9 Å². The molecule has 0 unspecified atom stereocenters. The van der Waals surface area contributed by atoms with E-state index in [4.69, 9.17) is 9.84 Å². The normalized spacial score (nSPS) is 10.7. The van der Waals surface area contributed by atoms with E-state index in [2.05, 4.69) is 0 Å². The molecule has 0 radical (unpaired) electrons. The fourth-order valence-corrected chi connectivity index (χ4v) is 2.64. The van der Waals surface area contributed by atoms with Crippen molar-refractivity contribution in [2.75, 3.05) is 6.61 Å². The van der Waals surface area contributed by atoms with Crippen LogP contribution in [0.2, 0.25) is 0 Å². The number of hydrogen-bond donors (Lipinski definition) is 1. The van der Waals surface area contributed by atoms with Gasteiger partial charge in [0.25, 0.3) is 5.56 Å². The number of ether oxygens (including phenoxy) is 1. The van der Waals surface area contributed by atoms with Crippen LogP contribution in [0.4, 0.5) is 0 Å². The van der Waals surface area contributed by atoms with Crippen LogP contribution in [0.3, 0.4) is 0 Å². The molecule has 122 valence electrons. The SMILES string of the molecule is CCOc1ccc2c(ccc(=O)n2Cc2ccc(C(=O)O)cc2)c1. The molecule has 3 rings (SSSR count). The zero-order chi connectivity index (χ0) is 17.1. The summed E-state index contributed by atoms with van der Waals surface area (Å²) in [7, 11) is 0. The van der Waals surface area contributed by atoms with Crippen molar-refractivity contribution in [2.45, 2.75) is 13.5 Å². The number of pyridine rings is 1. The monoisotopic (exact) mass is 323 g/mol. The number of nitrogens with zero attached hydrogens (tertiary/aromatic N) is 1. The van der Waals surface area contributed by atoms with E-state index in [1.54, 1.807) is 34.9 Å². The molecule has 0 bridgehead atoms. The average Bonchev–Trinajstić information content (AvgIpc) is 2.58. The van der Waals surface area contributed by atoms with Gasteiger partial charge in [0.05, 0.1) is 24.2 Å². The number of carboxylic acid groups (broad SMARTS) is 1. The van der Waals surface area contributed by atoms with E-state index in [9.17, 15) is 9.59 Å². The van der Waals surface area contributed by atoms with E-state index in [1.165, 1.54) is 6.07 Å². The molecule has 0 fully saturated rings. The highest BCUT2D eigenvalue weighted by molar-refractivity contribution is 5.87. The Morgan fingerprint density at radius 1 is 1.08 bits per heavy atom. The molecule has 0 aliphatic rings. The third-order valence-corrected chi connectivity index (χ3v) is 3.81. The molecule has 5 nitrogen and oxygen atoms in total. The summed E-state index contributed by atoms with van der Waals surface area (Å²) < 4.78 is 7.16. The summed E-state index contributed by atoms with van der Waals surface area (Å²) in [4.78, 5) is 23.2. The Bertz CT molecular complexity index is 942. The first-order valence-electron chi connectivity index (χ1n) is 7.67. The molecule has 0 amide bonds. The molecular weight excluding hydrogens is 306 g/mol. The molecule has 0 saturated carbocycles. The van der Waals surface area contributed by atoms with Gasteiger partial charge in [-0.2, -0.15) is 0 Å². The van der Waals surface area contributed by atoms with Gasteiger partial charge in [-0.15, -0.1) is 0 Å². The number of carbonyl (C=O) groups is 1. The number of rotatable bonds is 5. The smallest absolute Gasteiger partial charge is 0.335 e. The number of benzene rings is 2. The van der Waals surface area contributed by atoms with E-state index < -0.39 is 5.97 Å². The lowest BCUT2D eigenvalue weighted by Gasteiger charge is -2.12. The van der Waals surface area contributed by atoms with Gasteiger partial charge >= 0.3 is 5.97 Å². The Hall–Kier alpha value is -3.08. The molecule has 0 spiro atoms. The summed E-state index contributed by atoms with van der Waals surface area (Å²) in [6.07, 6.45) is 0. The van der Waals surface area contributed by atoms with Crippen LogP contribution in [0.5, 0.6) is 5.75 Å². The van der Waals surface area contributed by atoms with E-state index in [1.807, 2.05) is 25.1 Å². The van der Waals surface area contributed by atoms with E-state index >= 15 is 0 Å². The molecule has 0 saturated heterocycles. The van der Waals surface area contributed by atoms with Crippen LogP contribution in [0.1, 0.15) is 22.8 Å². The van der Waals surface area contributed by atoms with Crippen molar-refractivity contribution in [2.24, 2.45) is 0 Å². The first kappa shape index (κ1) is 15.8. The Morgan fingerprint density at radius 2 is 1.83 bits per heavy atom. The van der Waals surface area contributed by atoms with Gasteiger partial charge in [-0.1, -0.05) is 12.1 Å². The van der Waals surface area contributed by atoms with Crippen LogP contribution in [-0.2, 0) is 6.54 Å². The highest BCUT2D eigenvalue weighted by atomic mass is 16.5. The van der Waals surface area contributed by atoms with Crippen LogP contribution in [0.15, 0.2) is 59.4 Å². The maximum Gasteiger partial charge on any atom is 0.335 e. The standard InChI is InChI=1S/C19H17NO4/c1-2-24-16-8-9-17-15(11-16)7-10-18(21)20(17)12-13-3-5-14(6-4-13)19(22)23/h3-11H,2,12H2,1H3,(H,22,23). The van der Waals surface area contributed by atoms with Crippen molar-refractivity contribution in [1.29, 1.82) is 0 Å². The summed E-state index contributed by atoms with van der Waals surface area (Å²) in [5.74, 6) is -0.201. The minimum atomic E-state index is -0.965. The predicted molar refractivity (Wildman–Crippen MR) is 91.9 cm³/mol. The van der Waals surface area contributed by atoms with Gasteiger partial charge in [0.1, 0.15) is 5.75 Å². The summed E-state index contributed by atoms with van der Waals surface area (Å²) in [6, 6.07) is 15.5. The van der Waals surface area contributed by atoms with Crippen LogP contribution in [-0.4, -0.2) is 22.2 Å². The van der Waals surface area contributed by atoms with Crippen molar-refractivity contribution < 1.29 is 14.6 Å². The highest BCUT2D eigenvalue weighted by Gasteiger charge is 2.07. The van der Waals surface area contributed by atoms with E-state index in [0.29, 0.717) is 13.2 Å². The van der Waals surface area contributed by atoms with Crippen molar-refractivity contribution in [3.8, 4) is 5.75 Å². The lowest BCUT2D eigenvalue weighted by atomic mass is 10.1. The third kappa shape index (κ3) is 3.15. The number of carboxylic acids is 1. The molecule has 0 atom stereocenters. The molecule has 3 aromatic rings. The van der Waals surface area contributed by atoms with E-state index in [0.717, 1.165) is 22.2 Å². The minimum absolute atomic E-state index is 0.103. The van der Waals surface area contributed by atoms with E-state index in [-0.39, 0.29) is 11.1 Å². The highest BCUT2D eigenvalue weighted by Crippen LogP contribution is 2.20. The second-order valence-electron chi connectivity index (χ2n) is 5.41. The number of fused-ring (bicyclic) bond motifs is 1.